The first kappa shape index (κ1) is 22.9. The van der Waals surface area contributed by atoms with E-state index in [0.717, 1.165) is 40.2 Å². The van der Waals surface area contributed by atoms with Gasteiger partial charge in [0.05, 0.1) is 0 Å². The lowest BCUT2D eigenvalue weighted by molar-refractivity contribution is 0.418. The molecule has 2 aromatic carbocycles. The van der Waals surface area contributed by atoms with Crippen LogP contribution in [-0.4, -0.2) is 10.2 Å². The second-order valence-electron chi connectivity index (χ2n) is 7.51. The maximum Gasteiger partial charge on any atom is 0.128 e. The zero-order chi connectivity index (χ0) is 22.3. The second-order valence-corrected chi connectivity index (χ2v) is 7.51. The van der Waals surface area contributed by atoms with E-state index in [1.165, 1.54) is 0 Å². The summed E-state index contributed by atoms with van der Waals surface area (Å²) in [6, 6.07) is 13.2. The largest absolute Gasteiger partial charge is 0.508 e. The summed E-state index contributed by atoms with van der Waals surface area (Å²) in [5, 5.41) is 18.9. The summed E-state index contributed by atoms with van der Waals surface area (Å²) in [6.45, 7) is 16.1. The molecule has 2 aromatic rings. The van der Waals surface area contributed by atoms with Crippen LogP contribution in [0.3, 0.4) is 0 Å². The van der Waals surface area contributed by atoms with Crippen molar-refractivity contribution >= 4 is 0 Å². The van der Waals surface area contributed by atoms with Gasteiger partial charge in [-0.3, -0.25) is 0 Å². The lowest BCUT2D eigenvalue weighted by Crippen LogP contribution is -2.04. The highest BCUT2D eigenvalue weighted by Gasteiger charge is 2.12. The highest BCUT2D eigenvalue weighted by atomic mass is 16.5. The minimum Gasteiger partial charge on any atom is -0.508 e. The molecular weight excluding hydrogens is 376 g/mol. The van der Waals surface area contributed by atoms with Crippen LogP contribution < -0.4 is 9.47 Å². The standard InChI is InChI=1S/C26H30O4/c1-17(2)25(29-23-13-9-21(27)10-14-23)19(5)7-8-20(6)26(18(3)4)30-24-15-11-22(28)12-16-24/h9-16,27-28H,1,6-8H2,2-5H3. The van der Waals surface area contributed by atoms with Crippen LogP contribution in [-0.2, 0) is 0 Å². The van der Waals surface area contributed by atoms with Crippen LogP contribution in [0, 0.1) is 0 Å². The number of rotatable bonds is 9. The Morgan fingerprint density at radius 1 is 0.700 bits per heavy atom. The van der Waals surface area contributed by atoms with Crippen LogP contribution >= 0.6 is 0 Å². The first-order valence-corrected chi connectivity index (χ1v) is 9.82. The van der Waals surface area contributed by atoms with Gasteiger partial charge in [-0.05, 0) is 111 Å². The minimum atomic E-state index is 0.194. The van der Waals surface area contributed by atoms with Gasteiger partial charge in [0.15, 0.2) is 0 Å². The number of phenols is 2. The average molecular weight is 407 g/mol. The Morgan fingerprint density at radius 2 is 1.13 bits per heavy atom. The number of hydrogen-bond acceptors (Lipinski definition) is 4. The molecular formula is C26H30O4. The third kappa shape index (κ3) is 6.59. The van der Waals surface area contributed by atoms with Gasteiger partial charge in [-0.15, -0.1) is 0 Å². The highest BCUT2D eigenvalue weighted by molar-refractivity contribution is 5.38. The first-order valence-electron chi connectivity index (χ1n) is 9.82. The molecule has 0 unspecified atom stereocenters. The van der Waals surface area contributed by atoms with E-state index < -0.39 is 0 Å². The van der Waals surface area contributed by atoms with Gasteiger partial charge >= 0.3 is 0 Å². The van der Waals surface area contributed by atoms with Crippen LogP contribution in [0.5, 0.6) is 23.0 Å². The maximum absolute atomic E-state index is 9.45. The maximum atomic E-state index is 9.45. The van der Waals surface area contributed by atoms with Gasteiger partial charge in [0, 0.05) is 0 Å². The number of ether oxygens (including phenoxy) is 2. The topological polar surface area (TPSA) is 58.9 Å². The molecule has 0 aliphatic carbocycles. The van der Waals surface area contributed by atoms with Gasteiger partial charge < -0.3 is 19.7 Å². The van der Waals surface area contributed by atoms with Gasteiger partial charge in [0.1, 0.15) is 34.5 Å². The van der Waals surface area contributed by atoms with Gasteiger partial charge in [-0.1, -0.05) is 13.2 Å². The van der Waals surface area contributed by atoms with Crippen molar-refractivity contribution in [2.75, 3.05) is 0 Å². The lowest BCUT2D eigenvalue weighted by Gasteiger charge is -2.17. The monoisotopic (exact) mass is 406 g/mol. The molecule has 0 aromatic heterocycles. The van der Waals surface area contributed by atoms with E-state index in [1.54, 1.807) is 48.5 Å². The number of phenolic OH excluding ortho intramolecular Hbond substituents is 2. The summed E-state index contributed by atoms with van der Waals surface area (Å²) < 4.78 is 12.0. The molecule has 0 atom stereocenters. The van der Waals surface area contributed by atoms with Crippen LogP contribution in [0.25, 0.3) is 0 Å². The Morgan fingerprint density at radius 3 is 1.53 bits per heavy atom. The summed E-state index contributed by atoms with van der Waals surface area (Å²) in [6.07, 6.45) is 1.43. The third-order valence-electron chi connectivity index (χ3n) is 4.47. The molecule has 0 saturated carbocycles. The average Bonchev–Trinajstić information content (AvgIpc) is 2.70. The number of aromatic hydroxyl groups is 2. The molecule has 158 valence electrons. The van der Waals surface area contributed by atoms with Crippen LogP contribution in [0.1, 0.15) is 40.5 Å². The summed E-state index contributed by atoms with van der Waals surface area (Å²) in [5.74, 6) is 3.15. The van der Waals surface area contributed by atoms with E-state index in [4.69, 9.17) is 9.47 Å². The van der Waals surface area contributed by atoms with Crippen molar-refractivity contribution in [2.24, 2.45) is 0 Å². The summed E-state index contributed by atoms with van der Waals surface area (Å²) in [4.78, 5) is 0. The van der Waals surface area contributed by atoms with E-state index in [0.29, 0.717) is 17.9 Å². The van der Waals surface area contributed by atoms with Crippen LogP contribution in [0.2, 0.25) is 0 Å². The van der Waals surface area contributed by atoms with E-state index in [9.17, 15) is 10.2 Å². The van der Waals surface area contributed by atoms with Crippen molar-refractivity contribution in [2.45, 2.75) is 40.5 Å². The van der Waals surface area contributed by atoms with Crippen molar-refractivity contribution < 1.29 is 19.7 Å². The van der Waals surface area contributed by atoms with Gasteiger partial charge in [0.25, 0.3) is 0 Å². The fourth-order valence-corrected chi connectivity index (χ4v) is 2.90. The SMILES string of the molecule is C=C(C)C(Oc1ccc(O)cc1)=C(C)CCC(=C)C(Oc1ccc(O)cc1)=C(C)C. The third-order valence-corrected chi connectivity index (χ3v) is 4.47. The highest BCUT2D eigenvalue weighted by Crippen LogP contribution is 2.28. The molecule has 0 fully saturated rings. The Hall–Kier alpha value is -3.40. The molecule has 30 heavy (non-hydrogen) atoms. The fourth-order valence-electron chi connectivity index (χ4n) is 2.90. The number of hydrogen-bond donors (Lipinski definition) is 2. The molecule has 0 amide bonds. The molecule has 0 aliphatic rings. The molecule has 0 spiro atoms. The Labute approximate surface area is 179 Å². The van der Waals surface area contributed by atoms with E-state index in [2.05, 4.69) is 13.2 Å². The van der Waals surface area contributed by atoms with Gasteiger partial charge in [-0.2, -0.15) is 0 Å². The van der Waals surface area contributed by atoms with Crippen molar-refractivity contribution in [1.29, 1.82) is 0 Å². The van der Waals surface area contributed by atoms with Crippen LogP contribution in [0.4, 0.5) is 0 Å². The van der Waals surface area contributed by atoms with E-state index in [1.807, 2.05) is 27.7 Å². The summed E-state index contributed by atoms with van der Waals surface area (Å²) >= 11 is 0. The van der Waals surface area contributed by atoms with Crippen molar-refractivity contribution in [3.63, 3.8) is 0 Å². The zero-order valence-electron chi connectivity index (χ0n) is 18.2. The Bertz CT molecular complexity index is 957. The predicted octanol–water partition coefficient (Wildman–Crippen LogP) is 7.04. The molecule has 2 N–H and O–H groups in total. The number of benzene rings is 2. The summed E-state index contributed by atoms with van der Waals surface area (Å²) in [5.41, 5.74) is 3.78. The molecule has 0 heterocycles. The quantitative estimate of drug-likeness (QED) is 0.346. The normalized spacial score (nSPS) is 11.3. The summed E-state index contributed by atoms with van der Waals surface area (Å²) in [7, 11) is 0. The molecule has 4 nitrogen and oxygen atoms in total. The molecule has 0 aliphatic heterocycles. The van der Waals surface area contributed by atoms with Gasteiger partial charge in [0.2, 0.25) is 0 Å². The zero-order valence-corrected chi connectivity index (χ0v) is 18.2. The van der Waals surface area contributed by atoms with Crippen molar-refractivity contribution in [1.82, 2.24) is 0 Å². The van der Waals surface area contributed by atoms with Crippen molar-refractivity contribution in [3.8, 4) is 23.0 Å². The molecule has 4 heteroatoms. The predicted molar refractivity (Wildman–Crippen MR) is 122 cm³/mol. The fraction of sp³-hybridized carbons (Fsp3) is 0.231. The molecule has 2 rings (SSSR count). The lowest BCUT2D eigenvalue weighted by atomic mass is 10.0. The number of allylic oxidation sites excluding steroid dienone is 4. The van der Waals surface area contributed by atoms with Crippen LogP contribution in [0.15, 0.2) is 95.5 Å². The first-order chi connectivity index (χ1) is 14.2. The van der Waals surface area contributed by atoms with E-state index in [-0.39, 0.29) is 11.5 Å². The second kappa shape index (κ2) is 10.4. The van der Waals surface area contributed by atoms with Gasteiger partial charge in [-0.25, -0.2) is 0 Å². The van der Waals surface area contributed by atoms with Crippen molar-refractivity contribution in [3.05, 3.63) is 95.5 Å². The molecule has 0 radical (unpaired) electrons. The smallest absolute Gasteiger partial charge is 0.128 e. The molecule has 0 bridgehead atoms. The Balaban J connectivity index is 2.11. The Kier molecular flexibility index (Phi) is 7.93. The molecule has 0 saturated heterocycles. The van der Waals surface area contributed by atoms with E-state index >= 15 is 0 Å². The minimum absolute atomic E-state index is 0.194.